The van der Waals surface area contributed by atoms with Crippen LogP contribution in [-0.2, 0) is 4.74 Å². The highest BCUT2D eigenvalue weighted by atomic mass is 19.2. The van der Waals surface area contributed by atoms with E-state index in [0.29, 0.717) is 12.5 Å². The standard InChI is InChI=1S/C20H21F2NO/c1-11(2)12-4-6-18-15(9-12)20-14(7-8-24-20)19(23-18)13-3-5-16(21)17(22)10-13/h3-6,9-11,14,19-20,23H,7-8H2,1-2H3. The van der Waals surface area contributed by atoms with Crippen LogP contribution in [0.4, 0.5) is 14.5 Å². The third kappa shape index (κ3) is 2.49. The van der Waals surface area contributed by atoms with E-state index in [0.717, 1.165) is 17.7 Å². The number of ether oxygens (including phenoxy) is 1. The Labute approximate surface area is 140 Å². The van der Waals surface area contributed by atoms with Gasteiger partial charge in [-0.15, -0.1) is 0 Å². The maximum atomic E-state index is 13.7. The lowest BCUT2D eigenvalue weighted by atomic mass is 9.80. The first-order chi connectivity index (χ1) is 11.5. The molecule has 2 heterocycles. The number of rotatable bonds is 2. The lowest BCUT2D eigenvalue weighted by Crippen LogP contribution is -2.29. The Hall–Kier alpha value is -1.94. The van der Waals surface area contributed by atoms with Crippen LogP contribution >= 0.6 is 0 Å². The van der Waals surface area contributed by atoms with Gasteiger partial charge in [0.2, 0.25) is 0 Å². The van der Waals surface area contributed by atoms with Gasteiger partial charge in [0.1, 0.15) is 0 Å². The molecular formula is C20H21F2NO. The molecule has 2 aromatic rings. The number of hydrogen-bond acceptors (Lipinski definition) is 2. The molecule has 4 heteroatoms. The van der Waals surface area contributed by atoms with E-state index in [1.165, 1.54) is 23.3 Å². The molecule has 0 spiro atoms. The Morgan fingerprint density at radius 3 is 2.67 bits per heavy atom. The van der Waals surface area contributed by atoms with Gasteiger partial charge in [-0.1, -0.05) is 32.0 Å². The fourth-order valence-corrected chi connectivity index (χ4v) is 3.89. The predicted molar refractivity (Wildman–Crippen MR) is 90.1 cm³/mol. The molecule has 0 saturated carbocycles. The molecule has 0 bridgehead atoms. The third-order valence-electron chi connectivity index (χ3n) is 5.23. The molecule has 0 amide bonds. The van der Waals surface area contributed by atoms with Gasteiger partial charge in [-0.05, 0) is 41.7 Å². The van der Waals surface area contributed by atoms with Crippen LogP contribution in [0.5, 0.6) is 0 Å². The Balaban J connectivity index is 1.75. The zero-order valence-corrected chi connectivity index (χ0v) is 13.9. The Morgan fingerprint density at radius 1 is 1.08 bits per heavy atom. The van der Waals surface area contributed by atoms with Crippen molar-refractivity contribution in [2.45, 2.75) is 38.3 Å². The summed E-state index contributed by atoms with van der Waals surface area (Å²) >= 11 is 0. The molecule has 1 fully saturated rings. The van der Waals surface area contributed by atoms with Crippen LogP contribution < -0.4 is 5.32 Å². The largest absolute Gasteiger partial charge is 0.378 e. The maximum absolute atomic E-state index is 13.7. The van der Waals surface area contributed by atoms with Crippen molar-refractivity contribution in [1.29, 1.82) is 0 Å². The van der Waals surface area contributed by atoms with Gasteiger partial charge >= 0.3 is 0 Å². The van der Waals surface area contributed by atoms with E-state index in [2.05, 4.69) is 37.4 Å². The molecule has 2 aromatic carbocycles. The molecule has 0 radical (unpaired) electrons. The lowest BCUT2D eigenvalue weighted by molar-refractivity contribution is 0.0828. The molecule has 0 aromatic heterocycles. The highest BCUT2D eigenvalue weighted by Gasteiger charge is 2.41. The van der Waals surface area contributed by atoms with Crippen molar-refractivity contribution in [2.75, 3.05) is 11.9 Å². The van der Waals surface area contributed by atoms with E-state index in [1.807, 2.05) is 0 Å². The molecule has 1 saturated heterocycles. The number of hydrogen-bond donors (Lipinski definition) is 1. The van der Waals surface area contributed by atoms with Gasteiger partial charge in [0.25, 0.3) is 0 Å². The van der Waals surface area contributed by atoms with Crippen LogP contribution in [0.3, 0.4) is 0 Å². The molecule has 24 heavy (non-hydrogen) atoms. The summed E-state index contributed by atoms with van der Waals surface area (Å²) in [5.41, 5.74) is 4.27. The second-order valence-corrected chi connectivity index (χ2v) is 7.04. The molecule has 4 rings (SSSR count). The number of halogens is 2. The summed E-state index contributed by atoms with van der Waals surface area (Å²) in [6.45, 7) is 5.05. The normalized spacial score (nSPS) is 25.3. The van der Waals surface area contributed by atoms with Gasteiger partial charge in [0, 0.05) is 23.8 Å². The van der Waals surface area contributed by atoms with Crippen molar-refractivity contribution < 1.29 is 13.5 Å². The molecule has 3 unspecified atom stereocenters. The Bertz CT molecular complexity index is 774. The van der Waals surface area contributed by atoms with Crippen LogP contribution in [0.15, 0.2) is 36.4 Å². The summed E-state index contributed by atoms with van der Waals surface area (Å²) in [5.74, 6) is -0.926. The zero-order valence-electron chi connectivity index (χ0n) is 13.9. The number of nitrogens with one attached hydrogen (secondary N) is 1. The molecule has 0 aliphatic carbocycles. The summed E-state index contributed by atoms with van der Waals surface area (Å²) in [4.78, 5) is 0. The van der Waals surface area contributed by atoms with E-state index >= 15 is 0 Å². The number of fused-ring (bicyclic) bond motifs is 3. The average molecular weight is 329 g/mol. The molecule has 3 atom stereocenters. The minimum atomic E-state index is -0.809. The van der Waals surface area contributed by atoms with Crippen molar-refractivity contribution in [1.82, 2.24) is 0 Å². The van der Waals surface area contributed by atoms with E-state index < -0.39 is 11.6 Å². The Kier molecular flexibility index (Phi) is 3.80. The highest BCUT2D eigenvalue weighted by molar-refractivity contribution is 5.58. The minimum absolute atomic E-state index is 0.0121. The topological polar surface area (TPSA) is 21.3 Å². The highest BCUT2D eigenvalue weighted by Crippen LogP contribution is 2.50. The van der Waals surface area contributed by atoms with Crippen LogP contribution in [0.1, 0.15) is 55.0 Å². The lowest BCUT2D eigenvalue weighted by Gasteiger charge is -2.37. The maximum Gasteiger partial charge on any atom is 0.159 e. The van der Waals surface area contributed by atoms with E-state index in [4.69, 9.17) is 4.74 Å². The first-order valence-electron chi connectivity index (χ1n) is 8.51. The number of benzene rings is 2. The summed E-state index contributed by atoms with van der Waals surface area (Å²) in [6.07, 6.45) is 0.921. The quantitative estimate of drug-likeness (QED) is 0.804. The van der Waals surface area contributed by atoms with E-state index in [1.54, 1.807) is 6.07 Å². The van der Waals surface area contributed by atoms with E-state index in [-0.39, 0.29) is 18.1 Å². The fourth-order valence-electron chi connectivity index (χ4n) is 3.89. The summed E-state index contributed by atoms with van der Waals surface area (Å²) in [6, 6.07) is 10.5. The zero-order chi connectivity index (χ0) is 16.8. The average Bonchev–Trinajstić information content (AvgIpc) is 3.06. The van der Waals surface area contributed by atoms with Crippen LogP contribution in [0.2, 0.25) is 0 Å². The molecule has 2 aliphatic rings. The SMILES string of the molecule is CC(C)c1ccc2c(c1)C1OCCC1C(c1ccc(F)c(F)c1)N2. The van der Waals surface area contributed by atoms with Gasteiger partial charge in [0.15, 0.2) is 11.6 Å². The van der Waals surface area contributed by atoms with Crippen LogP contribution in [0, 0.1) is 17.6 Å². The van der Waals surface area contributed by atoms with E-state index in [9.17, 15) is 8.78 Å². The second-order valence-electron chi connectivity index (χ2n) is 7.04. The smallest absolute Gasteiger partial charge is 0.159 e. The first-order valence-corrected chi connectivity index (χ1v) is 8.51. The van der Waals surface area contributed by atoms with Gasteiger partial charge in [-0.2, -0.15) is 0 Å². The summed E-state index contributed by atoms with van der Waals surface area (Å²) < 4.78 is 33.0. The molecular weight excluding hydrogens is 308 g/mol. The van der Waals surface area contributed by atoms with Gasteiger partial charge < -0.3 is 10.1 Å². The van der Waals surface area contributed by atoms with Crippen molar-refractivity contribution in [3.05, 3.63) is 64.7 Å². The predicted octanol–water partition coefficient (Wildman–Crippen LogP) is 5.33. The van der Waals surface area contributed by atoms with Crippen molar-refractivity contribution in [2.24, 2.45) is 5.92 Å². The molecule has 2 aliphatic heterocycles. The third-order valence-corrected chi connectivity index (χ3v) is 5.23. The summed E-state index contributed by atoms with van der Waals surface area (Å²) in [7, 11) is 0. The van der Waals surface area contributed by atoms with Crippen molar-refractivity contribution in [3.8, 4) is 0 Å². The van der Waals surface area contributed by atoms with Crippen molar-refractivity contribution in [3.63, 3.8) is 0 Å². The molecule has 126 valence electrons. The summed E-state index contributed by atoms with van der Waals surface area (Å²) in [5, 5.41) is 3.53. The number of anilines is 1. The van der Waals surface area contributed by atoms with Gasteiger partial charge in [0.05, 0.1) is 12.1 Å². The van der Waals surface area contributed by atoms with Crippen molar-refractivity contribution >= 4 is 5.69 Å². The van der Waals surface area contributed by atoms with Crippen LogP contribution in [0.25, 0.3) is 0 Å². The Morgan fingerprint density at radius 2 is 1.92 bits per heavy atom. The fraction of sp³-hybridized carbons (Fsp3) is 0.400. The van der Waals surface area contributed by atoms with Gasteiger partial charge in [-0.25, -0.2) is 8.78 Å². The monoisotopic (exact) mass is 329 g/mol. The minimum Gasteiger partial charge on any atom is -0.378 e. The first kappa shape index (κ1) is 15.6. The van der Waals surface area contributed by atoms with Crippen LogP contribution in [-0.4, -0.2) is 6.61 Å². The second kappa shape index (κ2) is 5.85. The van der Waals surface area contributed by atoms with Gasteiger partial charge in [-0.3, -0.25) is 0 Å². The molecule has 1 N–H and O–H groups in total. The molecule has 2 nitrogen and oxygen atoms in total.